The number of pyridine rings is 1. The maximum atomic E-state index is 11.2. The molecule has 116 valence electrons. The van der Waals surface area contributed by atoms with Gasteiger partial charge in [0.15, 0.2) is 0 Å². The number of aromatic nitrogens is 3. The summed E-state index contributed by atoms with van der Waals surface area (Å²) >= 11 is 0. The molecule has 0 aromatic carbocycles. The molecule has 0 radical (unpaired) electrons. The molecule has 0 spiro atoms. The Balaban J connectivity index is 1.72. The molecule has 3 rings (SSSR count). The highest BCUT2D eigenvalue weighted by molar-refractivity contribution is 5.90. The molecule has 1 saturated heterocycles. The Bertz CT molecular complexity index is 639. The first kappa shape index (κ1) is 14.7. The highest BCUT2D eigenvalue weighted by Crippen LogP contribution is 2.31. The molecular formula is C16H21N5O. The van der Waals surface area contributed by atoms with E-state index in [-0.39, 0.29) is 0 Å². The summed E-state index contributed by atoms with van der Waals surface area (Å²) in [6.07, 6.45) is 5.94. The Morgan fingerprint density at radius 1 is 1.55 bits per heavy atom. The number of nitrogens with zero attached hydrogens (tertiary/aromatic N) is 3. The highest BCUT2D eigenvalue weighted by Gasteiger charge is 2.26. The van der Waals surface area contributed by atoms with Crippen LogP contribution in [0.3, 0.4) is 0 Å². The summed E-state index contributed by atoms with van der Waals surface area (Å²) in [5.41, 5.74) is 7.81. The smallest absolute Gasteiger partial charge is 0.269 e. The minimum absolute atomic E-state index is 0.312. The van der Waals surface area contributed by atoms with Gasteiger partial charge in [0.2, 0.25) is 0 Å². The summed E-state index contributed by atoms with van der Waals surface area (Å²) in [4.78, 5) is 17.8. The quantitative estimate of drug-likeness (QED) is 0.901. The number of hydrogen-bond donors (Lipinski definition) is 2. The van der Waals surface area contributed by atoms with Gasteiger partial charge in [0.05, 0.1) is 0 Å². The van der Waals surface area contributed by atoms with Gasteiger partial charge in [0.1, 0.15) is 5.69 Å². The van der Waals surface area contributed by atoms with Crippen LogP contribution in [0.25, 0.3) is 0 Å². The third-order valence-electron chi connectivity index (χ3n) is 4.46. The number of primary amides is 1. The van der Waals surface area contributed by atoms with Gasteiger partial charge in [-0.2, -0.15) is 5.10 Å². The van der Waals surface area contributed by atoms with E-state index in [0.717, 1.165) is 31.6 Å². The van der Waals surface area contributed by atoms with E-state index in [2.05, 4.69) is 33.1 Å². The Morgan fingerprint density at radius 3 is 3.09 bits per heavy atom. The average molecular weight is 299 g/mol. The van der Waals surface area contributed by atoms with E-state index in [1.165, 1.54) is 5.56 Å². The molecule has 0 unspecified atom stereocenters. The molecule has 1 amide bonds. The third-order valence-corrected chi connectivity index (χ3v) is 4.46. The van der Waals surface area contributed by atoms with Gasteiger partial charge in [-0.25, -0.2) is 0 Å². The molecule has 2 atom stereocenters. The molecule has 2 aromatic rings. The van der Waals surface area contributed by atoms with Crippen LogP contribution >= 0.6 is 0 Å². The van der Waals surface area contributed by atoms with E-state index in [9.17, 15) is 4.79 Å². The van der Waals surface area contributed by atoms with Crippen molar-refractivity contribution in [2.45, 2.75) is 31.7 Å². The van der Waals surface area contributed by atoms with Crippen LogP contribution in [-0.4, -0.2) is 39.1 Å². The number of nitrogens with one attached hydrogen (secondary N) is 1. The second-order valence-corrected chi connectivity index (χ2v) is 5.87. The predicted octanol–water partition coefficient (Wildman–Crippen LogP) is 1.84. The summed E-state index contributed by atoms with van der Waals surface area (Å²) in [5.74, 6) is -0.132. The van der Waals surface area contributed by atoms with Crippen molar-refractivity contribution >= 4 is 5.91 Å². The van der Waals surface area contributed by atoms with Gasteiger partial charge in [-0.1, -0.05) is 6.07 Å². The molecule has 3 N–H and O–H groups in total. The number of rotatable bonds is 4. The second kappa shape index (κ2) is 6.27. The topological polar surface area (TPSA) is 87.9 Å². The summed E-state index contributed by atoms with van der Waals surface area (Å²) in [6.45, 7) is 4.22. The first-order valence-corrected chi connectivity index (χ1v) is 7.64. The minimum atomic E-state index is -0.487. The normalized spacial score (nSPS) is 20.7. The Morgan fingerprint density at radius 2 is 2.41 bits per heavy atom. The molecule has 0 saturated carbocycles. The van der Waals surface area contributed by atoms with Gasteiger partial charge in [-0.15, -0.1) is 0 Å². The van der Waals surface area contributed by atoms with E-state index in [1.54, 1.807) is 12.3 Å². The monoisotopic (exact) mass is 299 g/mol. The zero-order valence-corrected chi connectivity index (χ0v) is 12.7. The molecule has 1 aliphatic rings. The van der Waals surface area contributed by atoms with E-state index >= 15 is 0 Å². The van der Waals surface area contributed by atoms with Gasteiger partial charge in [0.25, 0.3) is 5.91 Å². The Kier molecular flexibility index (Phi) is 4.20. The maximum absolute atomic E-state index is 11.2. The summed E-state index contributed by atoms with van der Waals surface area (Å²) in [5, 5.41) is 6.96. The van der Waals surface area contributed by atoms with Crippen LogP contribution < -0.4 is 5.73 Å². The molecule has 0 bridgehead atoms. The lowest BCUT2D eigenvalue weighted by atomic mass is 9.93. The number of carbonyl (C=O) groups excluding carboxylic acids is 1. The fourth-order valence-electron chi connectivity index (χ4n) is 3.12. The zero-order valence-electron chi connectivity index (χ0n) is 12.7. The fraction of sp³-hybridized carbons (Fsp3) is 0.438. The van der Waals surface area contributed by atoms with E-state index in [4.69, 9.17) is 5.73 Å². The Hall–Kier alpha value is -2.21. The summed E-state index contributed by atoms with van der Waals surface area (Å²) in [7, 11) is 0. The minimum Gasteiger partial charge on any atom is -0.364 e. The molecule has 6 heteroatoms. The first-order chi connectivity index (χ1) is 10.6. The summed E-state index contributed by atoms with van der Waals surface area (Å²) < 4.78 is 0. The van der Waals surface area contributed by atoms with Crippen LogP contribution in [0.5, 0.6) is 0 Å². The lowest BCUT2D eigenvalue weighted by molar-refractivity contribution is 0.0995. The number of amides is 1. The van der Waals surface area contributed by atoms with Crippen molar-refractivity contribution in [1.82, 2.24) is 20.1 Å². The largest absolute Gasteiger partial charge is 0.364 e. The van der Waals surface area contributed by atoms with Crippen LogP contribution in [0.15, 0.2) is 30.6 Å². The zero-order chi connectivity index (χ0) is 15.5. The maximum Gasteiger partial charge on any atom is 0.269 e. The number of hydrogen-bond acceptors (Lipinski definition) is 4. The number of aromatic amines is 1. The lowest BCUT2D eigenvalue weighted by Gasteiger charge is -2.36. The number of likely N-dealkylation sites (tertiary alicyclic amines) is 1. The van der Waals surface area contributed by atoms with E-state index < -0.39 is 5.91 Å². The molecule has 6 nitrogen and oxygen atoms in total. The highest BCUT2D eigenvalue weighted by atomic mass is 16.1. The molecule has 1 aliphatic heterocycles. The number of H-pyrrole nitrogens is 1. The van der Waals surface area contributed by atoms with Crippen LogP contribution in [-0.2, 0) is 0 Å². The average Bonchev–Trinajstić information content (AvgIpc) is 3.05. The predicted molar refractivity (Wildman–Crippen MR) is 83.3 cm³/mol. The lowest BCUT2D eigenvalue weighted by Crippen LogP contribution is -2.36. The molecule has 0 aliphatic carbocycles. The van der Waals surface area contributed by atoms with E-state index in [0.29, 0.717) is 17.7 Å². The van der Waals surface area contributed by atoms with Gasteiger partial charge in [0, 0.05) is 36.6 Å². The van der Waals surface area contributed by atoms with Crippen molar-refractivity contribution in [1.29, 1.82) is 0 Å². The van der Waals surface area contributed by atoms with Crippen LogP contribution in [0.4, 0.5) is 0 Å². The van der Waals surface area contributed by atoms with Gasteiger partial charge in [-0.3, -0.25) is 19.8 Å². The van der Waals surface area contributed by atoms with Gasteiger partial charge in [-0.05, 0) is 44.0 Å². The van der Waals surface area contributed by atoms with Gasteiger partial charge < -0.3 is 5.73 Å². The molecule has 2 aromatic heterocycles. The van der Waals surface area contributed by atoms with Crippen LogP contribution in [0.1, 0.15) is 53.5 Å². The molecule has 1 fully saturated rings. The molecule has 22 heavy (non-hydrogen) atoms. The van der Waals surface area contributed by atoms with Crippen molar-refractivity contribution in [2.24, 2.45) is 5.73 Å². The second-order valence-electron chi connectivity index (χ2n) is 5.87. The fourth-order valence-corrected chi connectivity index (χ4v) is 3.12. The standard InChI is InChI=1S/C16H21N5O/c1-11(12-4-2-6-18-9-12)21-7-3-5-13(10-21)14-8-15(16(17)22)20-19-14/h2,4,6,8-9,11,13H,3,5,7,10H2,1H3,(H2,17,22)(H,19,20)/t11-,13+/m0/s1. The van der Waals surface area contributed by atoms with Crippen molar-refractivity contribution in [3.8, 4) is 0 Å². The van der Waals surface area contributed by atoms with E-state index in [1.807, 2.05) is 12.3 Å². The number of piperidine rings is 1. The van der Waals surface area contributed by atoms with Crippen molar-refractivity contribution in [3.05, 3.63) is 47.5 Å². The number of carbonyl (C=O) groups is 1. The SMILES string of the molecule is C[C@@H](c1cccnc1)N1CCC[C@@H](c2cc(C(N)=O)n[nH]2)C1. The number of nitrogens with two attached hydrogens (primary N) is 1. The van der Waals surface area contributed by atoms with Crippen molar-refractivity contribution < 1.29 is 4.79 Å². The summed E-state index contributed by atoms with van der Waals surface area (Å²) in [6, 6.07) is 6.20. The van der Waals surface area contributed by atoms with Crippen molar-refractivity contribution in [3.63, 3.8) is 0 Å². The van der Waals surface area contributed by atoms with Crippen molar-refractivity contribution in [2.75, 3.05) is 13.1 Å². The van der Waals surface area contributed by atoms with Gasteiger partial charge >= 0.3 is 0 Å². The third kappa shape index (κ3) is 3.01. The van der Waals surface area contributed by atoms with Crippen LogP contribution in [0.2, 0.25) is 0 Å². The molecule has 3 heterocycles. The first-order valence-electron chi connectivity index (χ1n) is 7.64. The Labute approximate surface area is 129 Å². The molecular weight excluding hydrogens is 278 g/mol. The van der Waals surface area contributed by atoms with Crippen LogP contribution in [0, 0.1) is 0 Å².